The molecule has 0 aliphatic heterocycles. The molecular weight excluding hydrogens is 256 g/mol. The van der Waals surface area contributed by atoms with E-state index in [0.717, 1.165) is 12.1 Å². The van der Waals surface area contributed by atoms with Crippen LogP contribution in [0.25, 0.3) is 16.8 Å². The number of hydrogen-bond donors (Lipinski definition) is 0. The van der Waals surface area contributed by atoms with Crippen molar-refractivity contribution >= 4 is 0 Å². The molecule has 2 aromatic carbocycles. The fourth-order valence-electron chi connectivity index (χ4n) is 2.43. The summed E-state index contributed by atoms with van der Waals surface area (Å²) in [5.74, 6) is 0. The summed E-state index contributed by atoms with van der Waals surface area (Å²) < 4.78 is 1.96. The third kappa shape index (κ3) is 3.22. The van der Waals surface area contributed by atoms with Crippen molar-refractivity contribution in [2.75, 3.05) is 0 Å². The maximum atomic E-state index is 4.64. The van der Waals surface area contributed by atoms with Crippen LogP contribution in [0.15, 0.2) is 66.9 Å². The number of aromatic nitrogens is 2. The maximum absolute atomic E-state index is 4.64. The van der Waals surface area contributed by atoms with Gasteiger partial charge in [-0.2, -0.15) is 5.10 Å². The van der Waals surface area contributed by atoms with Crippen LogP contribution >= 0.6 is 0 Å². The third-order valence-corrected chi connectivity index (χ3v) is 3.67. The average Bonchev–Trinajstić information content (AvgIpc) is 3.03. The molecule has 2 heteroatoms. The second-order valence-corrected chi connectivity index (χ2v) is 5.27. The number of benzene rings is 2. The summed E-state index contributed by atoms with van der Waals surface area (Å²) in [4.78, 5) is 0. The standard InChI is InChI=1S/C19H20N2/c1-2-3-9-18-14-15-21(20-18)19-12-10-17(11-13-19)16-7-5-4-6-8-16/h4-8,10-15H,2-3,9H2,1H3. The zero-order valence-corrected chi connectivity index (χ0v) is 12.4. The monoisotopic (exact) mass is 276 g/mol. The van der Waals surface area contributed by atoms with Crippen LogP contribution in [0.4, 0.5) is 0 Å². The Bertz CT molecular complexity index is 681. The van der Waals surface area contributed by atoms with Crippen LogP contribution in [-0.4, -0.2) is 9.78 Å². The van der Waals surface area contributed by atoms with Gasteiger partial charge in [0.05, 0.1) is 11.4 Å². The second kappa shape index (κ2) is 6.40. The summed E-state index contributed by atoms with van der Waals surface area (Å²) in [7, 11) is 0. The summed E-state index contributed by atoms with van der Waals surface area (Å²) in [5.41, 5.74) is 4.76. The van der Waals surface area contributed by atoms with Gasteiger partial charge in [-0.1, -0.05) is 55.8 Å². The van der Waals surface area contributed by atoms with E-state index in [1.165, 1.54) is 29.7 Å². The van der Waals surface area contributed by atoms with Crippen molar-refractivity contribution < 1.29 is 0 Å². The SMILES string of the molecule is CCCCc1ccn(-c2ccc(-c3ccccc3)cc2)n1. The summed E-state index contributed by atoms with van der Waals surface area (Å²) in [5, 5.41) is 4.64. The summed E-state index contributed by atoms with van der Waals surface area (Å²) in [6.45, 7) is 2.21. The van der Waals surface area contributed by atoms with Gasteiger partial charge in [-0.05, 0) is 42.2 Å². The van der Waals surface area contributed by atoms with E-state index in [-0.39, 0.29) is 0 Å². The number of hydrogen-bond acceptors (Lipinski definition) is 1. The fraction of sp³-hybridized carbons (Fsp3) is 0.211. The Morgan fingerprint density at radius 3 is 2.29 bits per heavy atom. The molecule has 0 N–H and O–H groups in total. The lowest BCUT2D eigenvalue weighted by Crippen LogP contribution is -1.96. The van der Waals surface area contributed by atoms with Gasteiger partial charge in [-0.3, -0.25) is 0 Å². The zero-order valence-electron chi connectivity index (χ0n) is 12.4. The molecule has 0 atom stereocenters. The molecule has 0 saturated heterocycles. The van der Waals surface area contributed by atoms with Crippen molar-refractivity contribution in [3.63, 3.8) is 0 Å². The van der Waals surface area contributed by atoms with E-state index >= 15 is 0 Å². The fourth-order valence-corrected chi connectivity index (χ4v) is 2.43. The Kier molecular flexibility index (Phi) is 4.15. The first-order valence-corrected chi connectivity index (χ1v) is 7.57. The maximum Gasteiger partial charge on any atom is 0.0646 e. The van der Waals surface area contributed by atoms with Gasteiger partial charge in [0, 0.05) is 6.20 Å². The van der Waals surface area contributed by atoms with E-state index in [0.29, 0.717) is 0 Å². The van der Waals surface area contributed by atoms with Crippen LogP contribution in [0.1, 0.15) is 25.5 Å². The first kappa shape index (κ1) is 13.6. The first-order valence-electron chi connectivity index (χ1n) is 7.57. The van der Waals surface area contributed by atoms with E-state index in [2.05, 4.69) is 66.6 Å². The van der Waals surface area contributed by atoms with Gasteiger partial charge in [0.25, 0.3) is 0 Å². The van der Waals surface area contributed by atoms with Crippen molar-refractivity contribution in [1.82, 2.24) is 9.78 Å². The van der Waals surface area contributed by atoms with Gasteiger partial charge in [-0.15, -0.1) is 0 Å². The van der Waals surface area contributed by atoms with Crippen molar-refractivity contribution in [2.45, 2.75) is 26.2 Å². The normalized spacial score (nSPS) is 10.7. The van der Waals surface area contributed by atoms with E-state index in [4.69, 9.17) is 0 Å². The molecule has 3 aromatic rings. The van der Waals surface area contributed by atoms with Crippen molar-refractivity contribution in [3.8, 4) is 16.8 Å². The van der Waals surface area contributed by atoms with Gasteiger partial charge >= 0.3 is 0 Å². The molecule has 3 rings (SSSR count). The van der Waals surface area contributed by atoms with Crippen LogP contribution in [0, 0.1) is 0 Å². The van der Waals surface area contributed by atoms with Crippen LogP contribution in [0.5, 0.6) is 0 Å². The highest BCUT2D eigenvalue weighted by Gasteiger charge is 2.02. The smallest absolute Gasteiger partial charge is 0.0646 e. The molecular formula is C19H20N2. The highest BCUT2D eigenvalue weighted by Crippen LogP contribution is 2.20. The minimum atomic E-state index is 1.06. The molecule has 0 unspecified atom stereocenters. The Morgan fingerprint density at radius 1 is 0.857 bits per heavy atom. The Hall–Kier alpha value is -2.35. The molecule has 0 fully saturated rings. The molecule has 0 saturated carbocycles. The minimum Gasteiger partial charge on any atom is -0.241 e. The molecule has 21 heavy (non-hydrogen) atoms. The predicted molar refractivity (Wildman–Crippen MR) is 87.6 cm³/mol. The molecule has 1 aromatic heterocycles. The van der Waals surface area contributed by atoms with E-state index < -0.39 is 0 Å². The highest BCUT2D eigenvalue weighted by atomic mass is 15.3. The predicted octanol–water partition coefficient (Wildman–Crippen LogP) is 4.88. The molecule has 0 radical (unpaired) electrons. The van der Waals surface area contributed by atoms with Crippen LogP contribution in [-0.2, 0) is 6.42 Å². The molecule has 106 valence electrons. The lowest BCUT2D eigenvalue weighted by atomic mass is 10.1. The average molecular weight is 276 g/mol. The summed E-state index contributed by atoms with van der Waals surface area (Å²) >= 11 is 0. The molecule has 2 nitrogen and oxygen atoms in total. The Morgan fingerprint density at radius 2 is 1.57 bits per heavy atom. The van der Waals surface area contributed by atoms with Crippen LogP contribution in [0.2, 0.25) is 0 Å². The second-order valence-electron chi connectivity index (χ2n) is 5.27. The van der Waals surface area contributed by atoms with Gasteiger partial charge < -0.3 is 0 Å². The molecule has 1 heterocycles. The summed E-state index contributed by atoms with van der Waals surface area (Å²) in [6.07, 6.45) is 5.51. The quantitative estimate of drug-likeness (QED) is 0.649. The Balaban J connectivity index is 1.79. The third-order valence-electron chi connectivity index (χ3n) is 3.67. The number of nitrogens with zero attached hydrogens (tertiary/aromatic N) is 2. The van der Waals surface area contributed by atoms with Gasteiger partial charge in [0.1, 0.15) is 0 Å². The van der Waals surface area contributed by atoms with Gasteiger partial charge in [0.2, 0.25) is 0 Å². The summed E-state index contributed by atoms with van der Waals surface area (Å²) in [6, 6.07) is 21.1. The first-order chi connectivity index (χ1) is 10.4. The number of unbranched alkanes of at least 4 members (excludes halogenated alkanes) is 1. The molecule has 0 aliphatic rings. The van der Waals surface area contributed by atoms with Crippen LogP contribution < -0.4 is 0 Å². The topological polar surface area (TPSA) is 17.8 Å². The van der Waals surface area contributed by atoms with E-state index in [1.54, 1.807) is 0 Å². The zero-order chi connectivity index (χ0) is 14.5. The molecule has 0 bridgehead atoms. The lowest BCUT2D eigenvalue weighted by molar-refractivity contribution is 0.752. The Labute approximate surface area is 126 Å². The van der Waals surface area contributed by atoms with Crippen LogP contribution in [0.3, 0.4) is 0 Å². The van der Waals surface area contributed by atoms with E-state index in [9.17, 15) is 0 Å². The minimum absolute atomic E-state index is 1.06. The van der Waals surface area contributed by atoms with Crippen molar-refractivity contribution in [1.29, 1.82) is 0 Å². The van der Waals surface area contributed by atoms with Gasteiger partial charge in [0.15, 0.2) is 0 Å². The number of aryl methyl sites for hydroxylation is 1. The lowest BCUT2D eigenvalue weighted by Gasteiger charge is -2.04. The number of rotatable bonds is 5. The van der Waals surface area contributed by atoms with Gasteiger partial charge in [-0.25, -0.2) is 4.68 Å². The molecule has 0 spiro atoms. The highest BCUT2D eigenvalue weighted by molar-refractivity contribution is 5.64. The van der Waals surface area contributed by atoms with Crippen molar-refractivity contribution in [3.05, 3.63) is 72.6 Å². The van der Waals surface area contributed by atoms with E-state index in [1.807, 2.05) is 16.9 Å². The van der Waals surface area contributed by atoms with Crippen molar-refractivity contribution in [2.24, 2.45) is 0 Å². The molecule has 0 amide bonds. The molecule has 0 aliphatic carbocycles. The largest absolute Gasteiger partial charge is 0.241 e.